The lowest BCUT2D eigenvalue weighted by atomic mass is 10.1. The van der Waals surface area contributed by atoms with Crippen molar-refractivity contribution in [3.8, 4) is 17.2 Å². The van der Waals surface area contributed by atoms with Crippen molar-refractivity contribution >= 4 is 11.7 Å². The van der Waals surface area contributed by atoms with Crippen LogP contribution in [0, 0.1) is 5.82 Å². The number of likely N-dealkylation sites (tertiary alicyclic amines) is 1. The number of anilines is 1. The molecule has 174 valence electrons. The Kier molecular flexibility index (Phi) is 6.81. The van der Waals surface area contributed by atoms with E-state index in [9.17, 15) is 13.6 Å². The maximum Gasteiger partial charge on any atom is 0.324 e. The first kappa shape index (κ1) is 22.6. The number of hydrogen-bond acceptors (Lipinski definition) is 5. The van der Waals surface area contributed by atoms with Gasteiger partial charge in [-0.3, -0.25) is 4.90 Å². The molecule has 0 unspecified atom stereocenters. The summed E-state index contributed by atoms with van der Waals surface area (Å²) in [7, 11) is 1.51. The topological polar surface area (TPSA) is 71.7 Å². The van der Waals surface area contributed by atoms with Crippen LogP contribution in [0.3, 0.4) is 0 Å². The second-order valence-corrected chi connectivity index (χ2v) is 7.64. The second-order valence-electron chi connectivity index (χ2n) is 7.64. The van der Waals surface area contributed by atoms with Crippen molar-refractivity contribution in [3.63, 3.8) is 0 Å². The highest BCUT2D eigenvalue weighted by Gasteiger charge is 2.27. The number of benzene rings is 2. The Hall–Kier alpha value is -3.56. The number of ether oxygens (including phenoxy) is 1. The smallest absolute Gasteiger partial charge is 0.324 e. The number of para-hydroxylation sites is 2. The van der Waals surface area contributed by atoms with Crippen LogP contribution in [0.25, 0.3) is 11.5 Å². The summed E-state index contributed by atoms with van der Waals surface area (Å²) in [5, 5.41) is 6.81. The Labute approximate surface area is 188 Å². The van der Waals surface area contributed by atoms with E-state index in [1.807, 2.05) is 0 Å². The summed E-state index contributed by atoms with van der Waals surface area (Å²) in [5.74, 6) is -1.17. The van der Waals surface area contributed by atoms with E-state index in [1.165, 1.54) is 24.1 Å². The average Bonchev–Trinajstić information content (AvgIpc) is 3.34. The van der Waals surface area contributed by atoms with Crippen LogP contribution >= 0.6 is 0 Å². The van der Waals surface area contributed by atoms with Crippen LogP contribution in [0.2, 0.25) is 0 Å². The molecular weight excluding hydrogens is 437 g/mol. The van der Waals surface area contributed by atoms with Gasteiger partial charge in [-0.1, -0.05) is 18.2 Å². The van der Waals surface area contributed by atoms with Gasteiger partial charge >= 0.3 is 12.5 Å². The molecule has 0 saturated carbocycles. The van der Waals surface area contributed by atoms with Crippen molar-refractivity contribution in [2.24, 2.45) is 0 Å². The van der Waals surface area contributed by atoms with E-state index in [0.29, 0.717) is 24.5 Å². The lowest BCUT2D eigenvalue weighted by molar-refractivity contribution is 0.116. The lowest BCUT2D eigenvalue weighted by Gasteiger charge is -2.33. The molecule has 3 aromatic rings. The number of halogens is 3. The van der Waals surface area contributed by atoms with E-state index in [4.69, 9.17) is 9.15 Å². The predicted octanol–water partition coefficient (Wildman–Crippen LogP) is 5.43. The Bertz CT molecular complexity index is 1120. The number of amides is 2. The zero-order chi connectivity index (χ0) is 23.4. The monoisotopic (exact) mass is 460 g/mol. The molecule has 4 rings (SSSR count). The normalized spacial score (nSPS) is 13.9. The van der Waals surface area contributed by atoms with Crippen LogP contribution in [0.4, 0.5) is 23.7 Å². The largest absolute Gasteiger partial charge is 0.495 e. The van der Waals surface area contributed by atoms with Gasteiger partial charge in [0.05, 0.1) is 19.3 Å². The summed E-state index contributed by atoms with van der Waals surface area (Å²) in [6.07, 6.45) is -0.0125. The standard InChI is InChI=1S/C23H23F3N4O3/c1-32-19-8-4-3-7-18(19)30(23(31)29-11-5-2-6-12-29)14-16-10-9-15(13-17(16)24)21-27-28-22(33-21)20(25)26/h3-4,7-10,13,20H,2,5-6,11-12,14H2,1H3. The summed E-state index contributed by atoms with van der Waals surface area (Å²) < 4.78 is 50.8. The molecule has 0 N–H and O–H groups in total. The van der Waals surface area contributed by atoms with Gasteiger partial charge in [0.1, 0.15) is 11.6 Å². The summed E-state index contributed by atoms with van der Waals surface area (Å²) in [4.78, 5) is 16.7. The van der Waals surface area contributed by atoms with Crippen LogP contribution in [0.5, 0.6) is 5.75 Å². The third-order valence-corrected chi connectivity index (χ3v) is 5.49. The van der Waals surface area contributed by atoms with Gasteiger partial charge in [-0.2, -0.15) is 8.78 Å². The van der Waals surface area contributed by atoms with Crippen molar-refractivity contribution in [1.82, 2.24) is 15.1 Å². The van der Waals surface area contributed by atoms with E-state index in [2.05, 4.69) is 10.2 Å². The second kappa shape index (κ2) is 9.93. The van der Waals surface area contributed by atoms with E-state index >= 15 is 4.39 Å². The number of carbonyl (C=O) groups is 1. The highest BCUT2D eigenvalue weighted by molar-refractivity contribution is 5.93. The number of alkyl halides is 2. The molecule has 1 fully saturated rings. The maximum atomic E-state index is 15.0. The quantitative estimate of drug-likeness (QED) is 0.490. The molecule has 1 aromatic heterocycles. The molecule has 2 aromatic carbocycles. The number of rotatable bonds is 6. The molecule has 0 spiro atoms. The molecule has 33 heavy (non-hydrogen) atoms. The molecule has 2 amide bonds. The average molecular weight is 460 g/mol. The predicted molar refractivity (Wildman–Crippen MR) is 115 cm³/mol. The minimum atomic E-state index is -2.91. The van der Waals surface area contributed by atoms with Gasteiger partial charge in [0.15, 0.2) is 0 Å². The van der Waals surface area contributed by atoms with Crippen LogP contribution < -0.4 is 9.64 Å². The maximum absolute atomic E-state index is 15.0. The van der Waals surface area contributed by atoms with Gasteiger partial charge < -0.3 is 14.1 Å². The third kappa shape index (κ3) is 4.94. The highest BCUT2D eigenvalue weighted by atomic mass is 19.3. The molecule has 1 saturated heterocycles. The Morgan fingerprint density at radius 3 is 2.58 bits per heavy atom. The highest BCUT2D eigenvalue weighted by Crippen LogP contribution is 2.32. The SMILES string of the molecule is COc1ccccc1N(Cc1ccc(-c2nnc(C(F)F)o2)cc1F)C(=O)N1CCCCC1. The van der Waals surface area contributed by atoms with Crippen molar-refractivity contribution < 1.29 is 27.1 Å². The van der Waals surface area contributed by atoms with Gasteiger partial charge in [-0.15, -0.1) is 10.2 Å². The molecule has 0 atom stereocenters. The molecule has 1 aliphatic rings. The summed E-state index contributed by atoms with van der Waals surface area (Å²) in [6, 6.07) is 10.9. The molecule has 0 radical (unpaired) electrons. The van der Waals surface area contributed by atoms with E-state index in [0.717, 1.165) is 25.3 Å². The fourth-order valence-corrected chi connectivity index (χ4v) is 3.78. The Balaban J connectivity index is 1.64. The van der Waals surface area contributed by atoms with E-state index < -0.39 is 18.1 Å². The van der Waals surface area contributed by atoms with Gasteiger partial charge in [-0.25, -0.2) is 9.18 Å². The van der Waals surface area contributed by atoms with Gasteiger partial charge in [-0.05, 0) is 43.5 Å². The third-order valence-electron chi connectivity index (χ3n) is 5.49. The van der Waals surface area contributed by atoms with Crippen molar-refractivity contribution in [1.29, 1.82) is 0 Å². The molecule has 0 aliphatic carbocycles. The van der Waals surface area contributed by atoms with Crippen molar-refractivity contribution in [2.75, 3.05) is 25.1 Å². The lowest BCUT2D eigenvalue weighted by Crippen LogP contribution is -2.45. The minimum absolute atomic E-state index is 0.0477. The number of aromatic nitrogens is 2. The van der Waals surface area contributed by atoms with Crippen molar-refractivity contribution in [2.45, 2.75) is 32.2 Å². The first-order valence-electron chi connectivity index (χ1n) is 10.6. The van der Waals surface area contributed by atoms with Crippen LogP contribution in [-0.2, 0) is 6.54 Å². The molecule has 0 bridgehead atoms. The molecular formula is C23H23F3N4O3. The van der Waals surface area contributed by atoms with Gasteiger partial charge in [0.2, 0.25) is 5.89 Å². The summed E-state index contributed by atoms with van der Waals surface area (Å²) in [5.41, 5.74) is 0.933. The number of nitrogens with zero attached hydrogens (tertiary/aromatic N) is 4. The van der Waals surface area contributed by atoms with Crippen molar-refractivity contribution in [3.05, 3.63) is 59.7 Å². The summed E-state index contributed by atoms with van der Waals surface area (Å²) >= 11 is 0. The van der Waals surface area contributed by atoms with E-state index in [-0.39, 0.29) is 29.6 Å². The first-order valence-corrected chi connectivity index (χ1v) is 10.6. The molecule has 2 heterocycles. The number of carbonyl (C=O) groups excluding carboxylic acids is 1. The molecule has 7 nitrogen and oxygen atoms in total. The van der Waals surface area contributed by atoms with Crippen LogP contribution in [0.1, 0.15) is 37.1 Å². The fraction of sp³-hybridized carbons (Fsp3) is 0.348. The number of piperidine rings is 1. The Morgan fingerprint density at radius 2 is 1.91 bits per heavy atom. The summed E-state index contributed by atoms with van der Waals surface area (Å²) in [6.45, 7) is 1.22. The minimum Gasteiger partial charge on any atom is -0.495 e. The van der Waals surface area contributed by atoms with Crippen LogP contribution in [-0.4, -0.2) is 41.3 Å². The first-order chi connectivity index (χ1) is 16.0. The number of hydrogen-bond donors (Lipinski definition) is 0. The van der Waals surface area contributed by atoms with Gasteiger partial charge in [0, 0.05) is 24.2 Å². The number of methoxy groups -OCH3 is 1. The zero-order valence-corrected chi connectivity index (χ0v) is 18.0. The molecule has 10 heteroatoms. The van der Waals surface area contributed by atoms with Crippen LogP contribution in [0.15, 0.2) is 46.9 Å². The van der Waals surface area contributed by atoms with Gasteiger partial charge in [0.25, 0.3) is 5.89 Å². The van der Waals surface area contributed by atoms with E-state index in [1.54, 1.807) is 29.2 Å². The zero-order valence-electron chi connectivity index (χ0n) is 18.0. The fourth-order valence-electron chi connectivity index (χ4n) is 3.78. The molecule has 1 aliphatic heterocycles. The Morgan fingerprint density at radius 1 is 1.15 bits per heavy atom. The number of urea groups is 1.